The van der Waals surface area contributed by atoms with Crippen LogP contribution in [0.1, 0.15) is 48.8 Å². The van der Waals surface area contributed by atoms with Gasteiger partial charge in [0, 0.05) is 29.9 Å². The molecule has 0 bridgehead atoms. The molecule has 0 radical (unpaired) electrons. The van der Waals surface area contributed by atoms with E-state index in [1.165, 1.54) is 10.5 Å². The Bertz CT molecular complexity index is 1800. The highest BCUT2D eigenvalue weighted by Crippen LogP contribution is 2.52. The Kier molecular flexibility index (Phi) is 6.86. The first-order chi connectivity index (χ1) is 19.3. The molecule has 2 unspecified atom stereocenters. The number of hydrogen-bond donors (Lipinski definition) is 1. The lowest BCUT2D eigenvalue weighted by molar-refractivity contribution is -0.137. The fraction of sp³-hybridized carbons (Fsp3) is 0.276. The molecule has 1 saturated carbocycles. The summed E-state index contributed by atoms with van der Waals surface area (Å²) >= 11 is 7.55. The molecule has 1 amide bonds. The van der Waals surface area contributed by atoms with Gasteiger partial charge in [0.1, 0.15) is 20.4 Å². The molecular formula is C29H24N4O4S3. The van der Waals surface area contributed by atoms with Gasteiger partial charge in [0.05, 0.1) is 16.2 Å². The van der Waals surface area contributed by atoms with Crippen LogP contribution in [0.4, 0.5) is 11.4 Å². The van der Waals surface area contributed by atoms with Gasteiger partial charge in [0.25, 0.3) is 11.5 Å². The molecule has 2 fully saturated rings. The van der Waals surface area contributed by atoms with Crippen LogP contribution in [0.5, 0.6) is 0 Å². The molecule has 2 atom stereocenters. The number of carbonyl (C=O) groups is 2. The number of anilines is 2. The number of rotatable bonds is 5. The Morgan fingerprint density at radius 2 is 1.98 bits per heavy atom. The first-order valence-electron chi connectivity index (χ1n) is 12.9. The molecule has 0 spiro atoms. The third kappa shape index (κ3) is 4.36. The molecule has 1 aromatic heterocycles. The van der Waals surface area contributed by atoms with Gasteiger partial charge in [-0.3, -0.25) is 23.9 Å². The summed E-state index contributed by atoms with van der Waals surface area (Å²) in [5.74, 6) is -1.10. The molecule has 6 rings (SSSR count). The van der Waals surface area contributed by atoms with Gasteiger partial charge >= 0.3 is 5.97 Å². The van der Waals surface area contributed by atoms with Crippen LogP contribution < -0.4 is 19.7 Å². The minimum atomic E-state index is -1.16. The zero-order valence-corrected chi connectivity index (χ0v) is 23.9. The van der Waals surface area contributed by atoms with E-state index < -0.39 is 18.1 Å². The highest BCUT2D eigenvalue weighted by Gasteiger charge is 2.42. The minimum Gasteiger partial charge on any atom is -0.480 e. The monoisotopic (exact) mass is 588 g/mol. The van der Waals surface area contributed by atoms with Gasteiger partial charge < -0.3 is 10.0 Å². The second kappa shape index (κ2) is 10.4. The van der Waals surface area contributed by atoms with Crippen molar-refractivity contribution in [2.45, 2.75) is 44.7 Å². The Balaban J connectivity index is 1.46. The Labute approximate surface area is 243 Å². The van der Waals surface area contributed by atoms with Gasteiger partial charge in [-0.25, -0.2) is 0 Å². The van der Waals surface area contributed by atoms with Crippen LogP contribution in [0.3, 0.4) is 0 Å². The average molecular weight is 589 g/mol. The first kappa shape index (κ1) is 26.5. The number of thiocarbonyl (C=S) groups is 1. The van der Waals surface area contributed by atoms with Crippen LogP contribution >= 0.6 is 35.3 Å². The van der Waals surface area contributed by atoms with Gasteiger partial charge in [-0.05, 0) is 73.4 Å². The van der Waals surface area contributed by atoms with Crippen LogP contribution in [0.15, 0.2) is 47.3 Å². The normalized spacial score (nSPS) is 21.6. The maximum atomic E-state index is 13.4. The van der Waals surface area contributed by atoms with E-state index in [1.807, 2.05) is 37.3 Å². The van der Waals surface area contributed by atoms with Crippen molar-refractivity contribution >= 4 is 73.9 Å². The van der Waals surface area contributed by atoms with Gasteiger partial charge in [-0.1, -0.05) is 36.5 Å². The molecular weight excluding hydrogens is 565 g/mol. The summed E-state index contributed by atoms with van der Waals surface area (Å²) in [6, 6.07) is 16.3. The predicted octanol–water partition coefficient (Wildman–Crippen LogP) is 3.47. The standard InChI is InChI=1S/C29H24N4O4S3/c1-2-31-27(37)25(40-29(31)38)28-32(15-24(34)35)26(36)23(39-28)13-17-8-11-22-20(12-17)19-4-3-5-21(19)33(22)18-9-6-16(14-30)7-10-18/h6-13,19,21H,2-5,15H2,1H3,(H,34,35)/b23-13+,28-25-. The summed E-state index contributed by atoms with van der Waals surface area (Å²) in [4.78, 5) is 42.1. The van der Waals surface area contributed by atoms with Gasteiger partial charge in [-0.15, -0.1) is 11.3 Å². The van der Waals surface area contributed by atoms with E-state index in [1.54, 1.807) is 6.08 Å². The molecule has 8 nitrogen and oxygen atoms in total. The first-order valence-corrected chi connectivity index (χ1v) is 15.0. The van der Waals surface area contributed by atoms with E-state index in [0.29, 0.717) is 37.6 Å². The summed E-state index contributed by atoms with van der Waals surface area (Å²) in [6.07, 6.45) is 5.07. The lowest BCUT2D eigenvalue weighted by Gasteiger charge is -2.27. The maximum Gasteiger partial charge on any atom is 0.323 e. The van der Waals surface area contributed by atoms with Crippen molar-refractivity contribution in [3.05, 3.63) is 78.7 Å². The van der Waals surface area contributed by atoms with Crippen LogP contribution in [-0.2, 0) is 16.1 Å². The number of aliphatic carboxylic acids is 1. The number of aromatic nitrogens is 1. The highest BCUT2D eigenvalue weighted by atomic mass is 32.2. The van der Waals surface area contributed by atoms with E-state index in [0.717, 1.165) is 63.9 Å². The quantitative estimate of drug-likeness (QED) is 0.452. The van der Waals surface area contributed by atoms with Crippen LogP contribution in [0, 0.1) is 11.3 Å². The molecule has 2 aromatic carbocycles. The Hall–Kier alpha value is -3.72. The summed E-state index contributed by atoms with van der Waals surface area (Å²) in [5.41, 5.74) is 4.44. The second-order valence-corrected chi connectivity index (χ2v) is 12.6. The number of fused-ring (bicyclic) bond motifs is 3. The number of carbonyl (C=O) groups excluding carboxylic acids is 1. The molecule has 3 aromatic rings. The molecule has 3 aliphatic rings. The van der Waals surface area contributed by atoms with Crippen molar-refractivity contribution in [2.75, 3.05) is 11.4 Å². The lowest BCUT2D eigenvalue weighted by atomic mass is 9.96. The third-order valence-electron chi connectivity index (χ3n) is 7.65. The summed E-state index contributed by atoms with van der Waals surface area (Å²) in [7, 11) is 0. The number of thioether (sulfide) groups is 1. The minimum absolute atomic E-state index is 0.288. The number of carboxylic acid groups (broad SMARTS) is 1. The lowest BCUT2D eigenvalue weighted by Crippen LogP contribution is -2.35. The van der Waals surface area contributed by atoms with Crippen molar-refractivity contribution in [3.63, 3.8) is 0 Å². The van der Waals surface area contributed by atoms with E-state index in [2.05, 4.69) is 23.1 Å². The van der Waals surface area contributed by atoms with E-state index in [-0.39, 0.29) is 10.8 Å². The number of hydrogen-bond acceptors (Lipinski definition) is 8. The highest BCUT2D eigenvalue weighted by molar-refractivity contribution is 8.30. The van der Waals surface area contributed by atoms with Crippen molar-refractivity contribution < 1.29 is 14.7 Å². The molecule has 1 saturated heterocycles. The smallest absolute Gasteiger partial charge is 0.323 e. The zero-order valence-electron chi connectivity index (χ0n) is 21.5. The fourth-order valence-electron chi connectivity index (χ4n) is 5.92. The van der Waals surface area contributed by atoms with Crippen molar-refractivity contribution in [2.24, 2.45) is 0 Å². The van der Waals surface area contributed by atoms with Crippen LogP contribution in [0.2, 0.25) is 0 Å². The molecule has 202 valence electrons. The average Bonchev–Trinajstić information content (AvgIpc) is 3.67. The number of carboxylic acids is 1. The number of benzene rings is 2. The molecule has 11 heteroatoms. The molecule has 1 aliphatic carbocycles. The van der Waals surface area contributed by atoms with E-state index in [9.17, 15) is 24.8 Å². The number of nitriles is 1. The van der Waals surface area contributed by atoms with E-state index >= 15 is 0 Å². The Morgan fingerprint density at radius 3 is 2.65 bits per heavy atom. The topological polar surface area (TPSA) is 107 Å². The maximum absolute atomic E-state index is 13.4. The molecule has 1 N–H and O–H groups in total. The van der Waals surface area contributed by atoms with Crippen molar-refractivity contribution in [3.8, 4) is 6.07 Å². The third-order valence-corrected chi connectivity index (χ3v) is 10.4. The van der Waals surface area contributed by atoms with Crippen molar-refractivity contribution in [1.29, 1.82) is 5.26 Å². The van der Waals surface area contributed by atoms with Crippen LogP contribution in [-0.4, -0.2) is 43.4 Å². The second-order valence-electron chi connectivity index (χ2n) is 9.90. The summed E-state index contributed by atoms with van der Waals surface area (Å²) in [6.45, 7) is 1.68. The number of nitrogens with zero attached hydrogens (tertiary/aromatic N) is 4. The SMILES string of the molecule is CCN1C(=O)/C(=c2/s/c(=C/c3ccc4c(c3)C3CCCC3N4c3ccc(C#N)cc3)c(=O)n2CC(=O)O)SC1=S. The van der Waals surface area contributed by atoms with Crippen LogP contribution in [0.25, 0.3) is 11.0 Å². The molecule has 3 heterocycles. The summed E-state index contributed by atoms with van der Waals surface area (Å²) in [5, 5.41) is 18.7. The van der Waals surface area contributed by atoms with Gasteiger partial charge in [0.2, 0.25) is 0 Å². The summed E-state index contributed by atoms with van der Waals surface area (Å²) < 4.78 is 2.24. The number of thiazole rings is 1. The largest absolute Gasteiger partial charge is 0.480 e. The van der Waals surface area contributed by atoms with Gasteiger partial charge in [0.15, 0.2) is 0 Å². The number of amides is 1. The van der Waals surface area contributed by atoms with Crippen molar-refractivity contribution in [1.82, 2.24) is 9.47 Å². The van der Waals surface area contributed by atoms with Gasteiger partial charge in [-0.2, -0.15) is 5.26 Å². The predicted molar refractivity (Wildman–Crippen MR) is 160 cm³/mol. The fourth-order valence-corrected chi connectivity index (χ4v) is 8.56. The molecule has 2 aliphatic heterocycles. The zero-order chi connectivity index (χ0) is 28.1. The van der Waals surface area contributed by atoms with E-state index in [4.69, 9.17) is 12.2 Å². The molecule has 40 heavy (non-hydrogen) atoms. The Morgan fingerprint density at radius 1 is 1.20 bits per heavy atom.